The molecule has 0 saturated carbocycles. The number of benzene rings is 7. The van der Waals surface area contributed by atoms with Crippen LogP contribution in [0.2, 0.25) is 6.55 Å². The summed E-state index contributed by atoms with van der Waals surface area (Å²) >= 11 is 0. The molecule has 3 unspecified atom stereocenters. The van der Waals surface area contributed by atoms with Crippen LogP contribution in [0.5, 0.6) is 0 Å². The van der Waals surface area contributed by atoms with Gasteiger partial charge in [0.2, 0.25) is 0 Å². The fourth-order valence-corrected chi connectivity index (χ4v) is 13.4. The predicted octanol–water partition coefficient (Wildman–Crippen LogP) is 10.9. The van der Waals surface area contributed by atoms with Gasteiger partial charge in [-0.1, -0.05) is 183 Å². The van der Waals surface area contributed by atoms with Crippen LogP contribution < -0.4 is 20.8 Å². The molecule has 0 bridgehead atoms. The summed E-state index contributed by atoms with van der Waals surface area (Å²) in [7, 11) is -1.39. The summed E-state index contributed by atoms with van der Waals surface area (Å²) in [6.45, 7) is 4.92. The first-order chi connectivity index (χ1) is 28.0. The standard InChI is InChI=1S/C56H42Si/c1-56-27-12-11-16-41(56)30-40(26-28-56)54-46-25-24-38(47-31-37-15-5-6-17-42(37)43-18-7-8-19-44(43)47)32-49(46)55(39-23-22-35-13-3-4-14-36(35)29-39)51-34-53-48(33-50(51)54)45-20-9-10-21-52(45)57(53)2/h3-24,26-27,29-34,46,57H,25,28H2,1-2H3. The van der Waals surface area contributed by atoms with Gasteiger partial charge in [0.25, 0.3) is 0 Å². The average molecular weight is 743 g/mol. The van der Waals surface area contributed by atoms with Crippen LogP contribution >= 0.6 is 0 Å². The van der Waals surface area contributed by atoms with E-state index in [9.17, 15) is 0 Å². The van der Waals surface area contributed by atoms with Gasteiger partial charge in [-0.25, -0.2) is 0 Å². The summed E-state index contributed by atoms with van der Waals surface area (Å²) in [5.74, 6) is 0.217. The van der Waals surface area contributed by atoms with Gasteiger partial charge < -0.3 is 0 Å². The monoisotopic (exact) mass is 742 g/mol. The molecular formula is C56H42Si. The Balaban J connectivity index is 1.19. The third-order valence-corrected chi connectivity index (χ3v) is 16.7. The maximum Gasteiger partial charge on any atom is 0.101 e. The molecule has 0 amide bonds. The minimum absolute atomic E-state index is 0.0338. The van der Waals surface area contributed by atoms with Crippen LogP contribution in [-0.4, -0.2) is 8.80 Å². The van der Waals surface area contributed by atoms with Gasteiger partial charge in [-0.2, -0.15) is 0 Å². The van der Waals surface area contributed by atoms with Gasteiger partial charge in [-0.05, 0) is 135 Å². The van der Waals surface area contributed by atoms with Crippen LogP contribution in [0.4, 0.5) is 0 Å². The first-order valence-corrected chi connectivity index (χ1v) is 23.0. The molecular weight excluding hydrogens is 701 g/mol. The first-order valence-electron chi connectivity index (χ1n) is 20.6. The van der Waals surface area contributed by atoms with Gasteiger partial charge >= 0.3 is 0 Å². The number of hydrogen-bond donors (Lipinski definition) is 0. The molecule has 1 heteroatoms. The lowest BCUT2D eigenvalue weighted by molar-refractivity contribution is 0.524. The second-order valence-electron chi connectivity index (χ2n) is 17.0. The van der Waals surface area contributed by atoms with E-state index in [4.69, 9.17) is 0 Å². The minimum atomic E-state index is -1.39. The Morgan fingerprint density at radius 3 is 2.25 bits per heavy atom. The molecule has 0 aromatic heterocycles. The quantitative estimate of drug-likeness (QED) is 0.125. The Morgan fingerprint density at radius 2 is 1.35 bits per heavy atom. The molecule has 270 valence electrons. The zero-order valence-corrected chi connectivity index (χ0v) is 33.5. The summed E-state index contributed by atoms with van der Waals surface area (Å²) in [5.41, 5.74) is 14.0. The second kappa shape index (κ2) is 12.4. The molecule has 7 aromatic carbocycles. The molecule has 0 radical (unpaired) electrons. The van der Waals surface area contributed by atoms with Crippen molar-refractivity contribution in [3.8, 4) is 11.1 Å². The van der Waals surface area contributed by atoms with Crippen LogP contribution in [0.15, 0.2) is 199 Å². The number of allylic oxidation sites excluding steroid dienone is 12. The third kappa shape index (κ3) is 4.92. The van der Waals surface area contributed by atoms with Gasteiger partial charge in [-0.3, -0.25) is 0 Å². The van der Waals surface area contributed by atoms with E-state index in [-0.39, 0.29) is 11.3 Å². The molecule has 1 aliphatic heterocycles. The van der Waals surface area contributed by atoms with E-state index in [2.05, 4.69) is 196 Å². The van der Waals surface area contributed by atoms with Crippen molar-refractivity contribution < 1.29 is 0 Å². The van der Waals surface area contributed by atoms with Crippen molar-refractivity contribution in [2.24, 2.45) is 11.3 Å². The highest BCUT2D eigenvalue weighted by Gasteiger charge is 2.36. The van der Waals surface area contributed by atoms with Crippen molar-refractivity contribution in [3.05, 3.63) is 220 Å². The van der Waals surface area contributed by atoms with E-state index in [0.29, 0.717) is 0 Å². The van der Waals surface area contributed by atoms with Crippen LogP contribution in [0.3, 0.4) is 0 Å². The molecule has 57 heavy (non-hydrogen) atoms. The van der Waals surface area contributed by atoms with Crippen molar-refractivity contribution in [3.63, 3.8) is 0 Å². The zero-order chi connectivity index (χ0) is 37.8. The molecule has 0 fully saturated rings. The van der Waals surface area contributed by atoms with E-state index >= 15 is 0 Å². The molecule has 1 heterocycles. The molecule has 4 aliphatic carbocycles. The molecule has 0 N–H and O–H groups in total. The Bertz CT molecular complexity index is 3270. The SMILES string of the molecule is C[SiH]1c2ccccc2-c2cc3c(cc21)=C(c1ccc2ccccc2c1)C1=CC(c2cc4ccccc4c4ccccc24)=CCC1C=3C1=CCC2(C)C=CC=CC2=C1. The van der Waals surface area contributed by atoms with Gasteiger partial charge in [0.1, 0.15) is 8.80 Å². The van der Waals surface area contributed by atoms with Gasteiger partial charge in [0, 0.05) is 11.3 Å². The number of hydrogen-bond acceptors (Lipinski definition) is 0. The highest BCUT2D eigenvalue weighted by molar-refractivity contribution is 6.88. The molecule has 0 spiro atoms. The van der Waals surface area contributed by atoms with E-state index in [1.807, 2.05) is 0 Å². The largest absolute Gasteiger partial charge is 0.101 e. The first kappa shape index (κ1) is 32.9. The molecule has 0 saturated heterocycles. The topological polar surface area (TPSA) is 0 Å². The van der Waals surface area contributed by atoms with Crippen LogP contribution in [0, 0.1) is 11.3 Å². The Morgan fingerprint density at radius 1 is 0.579 bits per heavy atom. The zero-order valence-electron chi connectivity index (χ0n) is 32.4. The van der Waals surface area contributed by atoms with Crippen molar-refractivity contribution in [2.75, 3.05) is 0 Å². The molecule has 5 aliphatic rings. The lowest BCUT2D eigenvalue weighted by Gasteiger charge is -2.37. The Kier molecular flexibility index (Phi) is 7.14. The van der Waals surface area contributed by atoms with Gasteiger partial charge in [-0.15, -0.1) is 0 Å². The lowest BCUT2D eigenvalue weighted by Crippen LogP contribution is -2.44. The lowest BCUT2D eigenvalue weighted by atomic mass is 9.67. The van der Waals surface area contributed by atoms with Crippen LogP contribution in [0.1, 0.15) is 30.9 Å². The fourth-order valence-electron chi connectivity index (χ4n) is 10.8. The normalized spacial score (nSPS) is 21.6. The summed E-state index contributed by atoms with van der Waals surface area (Å²) in [6.07, 6.45) is 21.3. The summed E-state index contributed by atoms with van der Waals surface area (Å²) < 4.78 is 0. The maximum atomic E-state index is 2.65. The smallest absolute Gasteiger partial charge is 0.0757 e. The third-order valence-electron chi connectivity index (χ3n) is 13.8. The second-order valence-corrected chi connectivity index (χ2v) is 19.7. The summed E-state index contributed by atoms with van der Waals surface area (Å²) in [5, 5.41) is 13.8. The van der Waals surface area contributed by atoms with Gasteiger partial charge in [0.15, 0.2) is 0 Å². The van der Waals surface area contributed by atoms with E-state index in [1.165, 1.54) is 98.4 Å². The molecule has 3 atom stereocenters. The molecule has 12 rings (SSSR count). The van der Waals surface area contributed by atoms with Crippen LogP contribution in [0.25, 0.3) is 60.2 Å². The molecule has 7 aromatic rings. The van der Waals surface area contributed by atoms with Crippen molar-refractivity contribution >= 4 is 68.2 Å². The van der Waals surface area contributed by atoms with E-state index < -0.39 is 8.80 Å². The maximum absolute atomic E-state index is 2.65. The van der Waals surface area contributed by atoms with E-state index in [0.717, 1.165) is 12.8 Å². The van der Waals surface area contributed by atoms with E-state index in [1.54, 1.807) is 10.4 Å². The van der Waals surface area contributed by atoms with Crippen molar-refractivity contribution in [2.45, 2.75) is 26.3 Å². The highest BCUT2D eigenvalue weighted by Crippen LogP contribution is 2.48. The van der Waals surface area contributed by atoms with Crippen molar-refractivity contribution in [1.82, 2.24) is 0 Å². The van der Waals surface area contributed by atoms with Crippen molar-refractivity contribution in [1.29, 1.82) is 0 Å². The van der Waals surface area contributed by atoms with Crippen LogP contribution in [-0.2, 0) is 0 Å². The summed E-state index contributed by atoms with van der Waals surface area (Å²) in [6, 6.07) is 50.8. The van der Waals surface area contributed by atoms with Gasteiger partial charge in [0.05, 0.1) is 0 Å². The number of rotatable bonds is 3. The fraction of sp³-hybridized carbons (Fsp3) is 0.107. The predicted molar refractivity (Wildman–Crippen MR) is 246 cm³/mol. The molecule has 0 nitrogen and oxygen atoms in total. The highest BCUT2D eigenvalue weighted by atomic mass is 28.3. The Labute approximate surface area is 335 Å². The number of fused-ring (bicyclic) bond motifs is 10. The average Bonchev–Trinajstić information content (AvgIpc) is 3.54. The Hall–Kier alpha value is -6.28. The minimum Gasteiger partial charge on any atom is -0.0757 e. The summed E-state index contributed by atoms with van der Waals surface area (Å²) in [4.78, 5) is 0.